The second-order valence-electron chi connectivity index (χ2n) is 7.74. The predicted octanol–water partition coefficient (Wildman–Crippen LogP) is 3.49. The van der Waals surface area contributed by atoms with E-state index in [1.165, 1.54) is 0 Å². The third-order valence-electron chi connectivity index (χ3n) is 5.65. The molecule has 0 spiro atoms. The van der Waals surface area contributed by atoms with Gasteiger partial charge < -0.3 is 19.9 Å². The molecule has 156 valence electrons. The normalized spacial score (nSPS) is 13.4. The highest BCUT2D eigenvalue weighted by atomic mass is 79.9. The van der Waals surface area contributed by atoms with E-state index in [9.17, 15) is 0 Å². The SMILES string of the molecule is BrC1=c2ccc([nH]2)=Cc2ccc([nH]2)C(c2ccccc2)=c2ccc([nH]2)=C(Br)c2ccc1[nH]2. The number of rotatable bonds is 1. The van der Waals surface area contributed by atoms with Crippen LogP contribution in [-0.4, -0.2) is 19.9 Å². The summed E-state index contributed by atoms with van der Waals surface area (Å²) in [5, 5.41) is 4.09. The summed E-state index contributed by atoms with van der Waals surface area (Å²) in [6.45, 7) is 0. The maximum absolute atomic E-state index is 3.79. The van der Waals surface area contributed by atoms with Crippen LogP contribution in [0, 0.1) is 0 Å². The lowest BCUT2D eigenvalue weighted by molar-refractivity contribution is 1.21. The Labute approximate surface area is 200 Å². The van der Waals surface area contributed by atoms with E-state index in [1.807, 2.05) is 6.07 Å². The van der Waals surface area contributed by atoms with E-state index in [-0.39, 0.29) is 0 Å². The van der Waals surface area contributed by atoms with Crippen LogP contribution in [0.15, 0.2) is 78.9 Å². The number of aromatic nitrogens is 4. The van der Waals surface area contributed by atoms with Gasteiger partial charge in [0.25, 0.3) is 0 Å². The van der Waals surface area contributed by atoms with Crippen LogP contribution in [0.4, 0.5) is 0 Å². The van der Waals surface area contributed by atoms with Crippen molar-refractivity contribution in [3.05, 3.63) is 129 Å². The Kier molecular flexibility index (Phi) is 4.70. The Hall–Kier alpha value is -3.22. The number of benzene rings is 1. The van der Waals surface area contributed by atoms with Crippen LogP contribution in [0.5, 0.6) is 0 Å². The molecule has 0 unspecified atom stereocenters. The highest BCUT2D eigenvalue weighted by molar-refractivity contribution is 9.15. The van der Waals surface area contributed by atoms with Crippen molar-refractivity contribution in [2.24, 2.45) is 0 Å². The number of hydrogen-bond acceptors (Lipinski definition) is 0. The minimum absolute atomic E-state index is 0.975. The van der Waals surface area contributed by atoms with Crippen LogP contribution in [0.25, 0.3) is 20.6 Å². The van der Waals surface area contributed by atoms with Gasteiger partial charge in [0.15, 0.2) is 0 Å². The maximum atomic E-state index is 3.79. The van der Waals surface area contributed by atoms with Crippen molar-refractivity contribution < 1.29 is 0 Å². The summed E-state index contributed by atoms with van der Waals surface area (Å²) in [5.74, 6) is 0. The molecule has 0 aliphatic carbocycles. The minimum Gasteiger partial charge on any atom is -0.355 e. The van der Waals surface area contributed by atoms with Crippen molar-refractivity contribution in [1.29, 1.82) is 0 Å². The summed E-state index contributed by atoms with van der Waals surface area (Å²) < 4.78 is 1.96. The van der Waals surface area contributed by atoms with Gasteiger partial charge in [-0.25, -0.2) is 0 Å². The molecular weight excluding hydrogens is 528 g/mol. The largest absolute Gasteiger partial charge is 0.355 e. The number of fused-ring (bicyclic) bond motifs is 8. The first-order valence-corrected chi connectivity index (χ1v) is 11.8. The summed E-state index contributed by atoms with van der Waals surface area (Å²) >= 11 is 7.54. The molecule has 4 N–H and O–H groups in total. The fraction of sp³-hybridized carbons (Fsp3) is 0. The van der Waals surface area contributed by atoms with Crippen molar-refractivity contribution in [2.75, 3.05) is 0 Å². The molecule has 4 nitrogen and oxygen atoms in total. The van der Waals surface area contributed by atoms with Gasteiger partial charge in [0.2, 0.25) is 0 Å². The second-order valence-corrected chi connectivity index (χ2v) is 9.33. The van der Waals surface area contributed by atoms with Gasteiger partial charge in [-0.1, -0.05) is 30.3 Å². The number of hydrogen-bond donors (Lipinski definition) is 4. The van der Waals surface area contributed by atoms with Crippen LogP contribution in [0.1, 0.15) is 28.3 Å². The van der Waals surface area contributed by atoms with Gasteiger partial charge >= 0.3 is 0 Å². The summed E-state index contributed by atoms with van der Waals surface area (Å²) in [5.41, 5.74) is 6.36. The first-order valence-electron chi connectivity index (χ1n) is 10.3. The predicted molar refractivity (Wildman–Crippen MR) is 136 cm³/mol. The smallest absolute Gasteiger partial charge is 0.0645 e. The van der Waals surface area contributed by atoms with Crippen molar-refractivity contribution in [2.45, 2.75) is 0 Å². The highest BCUT2D eigenvalue weighted by Crippen LogP contribution is 2.23. The standard InChI is InChI=1S/C26H18Br2N4/c27-25-20-9-7-17(30-20)14-16-6-8-18(29-16)24(15-4-2-1-3-5-15)19-10-11-21(31-19)26(28)23-13-12-22(25)32-23/h1-14,29-32H. The monoisotopic (exact) mass is 544 g/mol. The Morgan fingerprint density at radius 2 is 1.16 bits per heavy atom. The van der Waals surface area contributed by atoms with Gasteiger partial charge in [-0.05, 0) is 92.0 Å². The Morgan fingerprint density at radius 1 is 0.500 bits per heavy atom. The number of aromatic amines is 4. The van der Waals surface area contributed by atoms with E-state index in [0.29, 0.717) is 0 Å². The topological polar surface area (TPSA) is 63.2 Å². The van der Waals surface area contributed by atoms with Crippen LogP contribution in [0.2, 0.25) is 0 Å². The molecular formula is C26H18Br2N4. The third-order valence-corrected chi connectivity index (χ3v) is 7.36. The Bertz CT molecular complexity index is 1690. The van der Waals surface area contributed by atoms with Crippen LogP contribution in [-0.2, 0) is 0 Å². The van der Waals surface area contributed by atoms with Gasteiger partial charge in [0.1, 0.15) is 0 Å². The first-order chi connectivity index (χ1) is 15.7. The Morgan fingerprint density at radius 3 is 1.94 bits per heavy atom. The van der Waals surface area contributed by atoms with Gasteiger partial charge in [0.05, 0.1) is 31.1 Å². The molecule has 5 aromatic rings. The van der Waals surface area contributed by atoms with Gasteiger partial charge in [-0.15, -0.1) is 0 Å². The molecule has 6 rings (SSSR count). The van der Waals surface area contributed by atoms with E-state index in [4.69, 9.17) is 0 Å². The molecule has 0 amide bonds. The molecule has 1 aliphatic rings. The van der Waals surface area contributed by atoms with Crippen molar-refractivity contribution in [1.82, 2.24) is 19.9 Å². The molecule has 0 radical (unpaired) electrons. The molecule has 8 bridgehead atoms. The van der Waals surface area contributed by atoms with E-state index in [0.717, 1.165) is 64.3 Å². The lowest BCUT2D eigenvalue weighted by atomic mass is 10.0. The van der Waals surface area contributed by atoms with Gasteiger partial charge in [0, 0.05) is 27.7 Å². The zero-order valence-electron chi connectivity index (χ0n) is 16.8. The molecule has 0 atom stereocenters. The van der Waals surface area contributed by atoms with E-state index in [1.54, 1.807) is 0 Å². The zero-order chi connectivity index (χ0) is 21.7. The molecule has 6 heteroatoms. The summed E-state index contributed by atoms with van der Waals surface area (Å²) in [4.78, 5) is 14.2. The minimum atomic E-state index is 0.975. The average Bonchev–Trinajstić information content (AvgIpc) is 3.61. The maximum Gasteiger partial charge on any atom is 0.0645 e. The molecule has 0 fully saturated rings. The van der Waals surface area contributed by atoms with E-state index >= 15 is 0 Å². The molecule has 5 heterocycles. The second kappa shape index (κ2) is 7.73. The summed E-state index contributed by atoms with van der Waals surface area (Å²) in [6, 6.07) is 27.2. The third kappa shape index (κ3) is 3.36. The molecule has 1 aliphatic heterocycles. The molecule has 1 aromatic carbocycles. The van der Waals surface area contributed by atoms with Crippen molar-refractivity contribution in [3.8, 4) is 0 Å². The van der Waals surface area contributed by atoms with Crippen molar-refractivity contribution in [3.63, 3.8) is 0 Å². The molecule has 32 heavy (non-hydrogen) atoms. The lowest BCUT2D eigenvalue weighted by Gasteiger charge is -2.05. The number of nitrogens with one attached hydrogen (secondary N) is 4. The van der Waals surface area contributed by atoms with Crippen LogP contribution in [0.3, 0.4) is 0 Å². The first kappa shape index (κ1) is 19.5. The van der Waals surface area contributed by atoms with Crippen LogP contribution < -0.4 is 21.4 Å². The number of H-pyrrole nitrogens is 4. The van der Waals surface area contributed by atoms with E-state index in [2.05, 4.69) is 131 Å². The Balaban J connectivity index is 1.72. The van der Waals surface area contributed by atoms with Gasteiger partial charge in [-0.2, -0.15) is 0 Å². The molecule has 0 saturated carbocycles. The van der Waals surface area contributed by atoms with Crippen LogP contribution >= 0.6 is 31.9 Å². The summed E-state index contributed by atoms with van der Waals surface area (Å²) in [7, 11) is 0. The summed E-state index contributed by atoms with van der Waals surface area (Å²) in [6.07, 6.45) is 2.12. The lowest BCUT2D eigenvalue weighted by Crippen LogP contribution is -2.16. The fourth-order valence-electron chi connectivity index (χ4n) is 4.10. The highest BCUT2D eigenvalue weighted by Gasteiger charge is 2.11. The van der Waals surface area contributed by atoms with Crippen molar-refractivity contribution >= 4 is 52.5 Å². The van der Waals surface area contributed by atoms with Gasteiger partial charge in [-0.3, -0.25) is 0 Å². The molecule has 0 saturated heterocycles. The quantitative estimate of drug-likeness (QED) is 0.249. The fourth-order valence-corrected chi connectivity index (χ4v) is 5.03. The molecule has 4 aromatic heterocycles. The average molecular weight is 546 g/mol. The van der Waals surface area contributed by atoms with E-state index < -0.39 is 0 Å². The number of halogens is 2. The zero-order valence-corrected chi connectivity index (χ0v) is 20.0.